The number of hydrogen-bond donors (Lipinski definition) is 1. The van der Waals surface area contributed by atoms with Crippen molar-refractivity contribution in [1.29, 1.82) is 0 Å². The molecule has 74 valence electrons. The van der Waals surface area contributed by atoms with Crippen molar-refractivity contribution in [2.24, 2.45) is 17.6 Å². The van der Waals surface area contributed by atoms with Gasteiger partial charge in [-0.2, -0.15) is 0 Å². The quantitative estimate of drug-likeness (QED) is 0.608. The van der Waals surface area contributed by atoms with Gasteiger partial charge in [0.25, 0.3) is 0 Å². The fourth-order valence-electron chi connectivity index (χ4n) is 2.06. The predicted molar refractivity (Wildman–Crippen MR) is 50.1 cm³/mol. The molecular formula is C9H17N3O. The Hall–Kier alpha value is -0.610. The standard InChI is InChI=1S/C9H17N3O/c1-11(2)3-4-12-5-6-7(8(6)10)9(12)13/h6-8H,3-5,10H2,1-2H3. The van der Waals surface area contributed by atoms with Crippen LogP contribution in [0.4, 0.5) is 0 Å². The summed E-state index contributed by atoms with van der Waals surface area (Å²) in [5.74, 6) is 0.913. The SMILES string of the molecule is CN(C)CCN1CC2C(N)C2C1=O. The van der Waals surface area contributed by atoms with E-state index in [-0.39, 0.29) is 17.9 Å². The molecule has 2 fully saturated rings. The molecule has 2 aliphatic rings. The first-order valence-electron chi connectivity index (χ1n) is 4.80. The van der Waals surface area contributed by atoms with Gasteiger partial charge in [0, 0.05) is 31.6 Å². The molecule has 0 bridgehead atoms. The molecular weight excluding hydrogens is 166 g/mol. The number of likely N-dealkylation sites (N-methyl/N-ethyl adjacent to an activating group) is 1. The van der Waals surface area contributed by atoms with E-state index < -0.39 is 0 Å². The summed E-state index contributed by atoms with van der Waals surface area (Å²) >= 11 is 0. The molecule has 4 nitrogen and oxygen atoms in total. The Kier molecular flexibility index (Phi) is 2.04. The van der Waals surface area contributed by atoms with Crippen molar-refractivity contribution in [1.82, 2.24) is 9.80 Å². The zero-order valence-corrected chi connectivity index (χ0v) is 8.23. The van der Waals surface area contributed by atoms with E-state index in [1.807, 2.05) is 19.0 Å². The number of fused-ring (bicyclic) bond motifs is 1. The van der Waals surface area contributed by atoms with Crippen LogP contribution in [-0.4, -0.2) is 55.5 Å². The van der Waals surface area contributed by atoms with Crippen LogP contribution in [0.5, 0.6) is 0 Å². The second-order valence-corrected chi connectivity index (χ2v) is 4.35. The van der Waals surface area contributed by atoms with E-state index in [0.29, 0.717) is 5.92 Å². The predicted octanol–water partition coefficient (Wildman–Crippen LogP) is -1.04. The topological polar surface area (TPSA) is 49.6 Å². The number of amides is 1. The van der Waals surface area contributed by atoms with Gasteiger partial charge in [-0.05, 0) is 14.1 Å². The minimum absolute atomic E-state index is 0.169. The molecule has 1 heterocycles. The van der Waals surface area contributed by atoms with E-state index in [1.54, 1.807) is 0 Å². The lowest BCUT2D eigenvalue weighted by atomic mass is 10.3. The van der Waals surface area contributed by atoms with Crippen LogP contribution in [0.2, 0.25) is 0 Å². The molecule has 0 spiro atoms. The van der Waals surface area contributed by atoms with E-state index in [0.717, 1.165) is 19.6 Å². The molecule has 2 rings (SSSR count). The highest BCUT2D eigenvalue weighted by Crippen LogP contribution is 2.44. The average Bonchev–Trinajstić information content (AvgIpc) is 2.53. The zero-order chi connectivity index (χ0) is 9.59. The van der Waals surface area contributed by atoms with E-state index in [2.05, 4.69) is 4.90 Å². The van der Waals surface area contributed by atoms with Crippen LogP contribution in [0.1, 0.15) is 0 Å². The number of carbonyl (C=O) groups is 1. The van der Waals surface area contributed by atoms with Gasteiger partial charge in [-0.25, -0.2) is 0 Å². The highest BCUT2D eigenvalue weighted by Gasteiger charge is 2.59. The van der Waals surface area contributed by atoms with Gasteiger partial charge in [-0.15, -0.1) is 0 Å². The smallest absolute Gasteiger partial charge is 0.227 e. The highest BCUT2D eigenvalue weighted by molar-refractivity contribution is 5.86. The number of piperidine rings is 1. The van der Waals surface area contributed by atoms with Crippen molar-refractivity contribution < 1.29 is 4.79 Å². The second-order valence-electron chi connectivity index (χ2n) is 4.35. The summed E-state index contributed by atoms with van der Waals surface area (Å²) in [5, 5.41) is 0. The fourth-order valence-corrected chi connectivity index (χ4v) is 2.06. The van der Waals surface area contributed by atoms with Gasteiger partial charge in [0.2, 0.25) is 5.91 Å². The van der Waals surface area contributed by atoms with Crippen molar-refractivity contribution in [3.8, 4) is 0 Å². The summed E-state index contributed by atoms with van der Waals surface area (Å²) < 4.78 is 0. The normalized spacial score (nSPS) is 37.1. The van der Waals surface area contributed by atoms with Gasteiger partial charge in [-0.3, -0.25) is 4.79 Å². The van der Waals surface area contributed by atoms with Crippen molar-refractivity contribution >= 4 is 5.91 Å². The van der Waals surface area contributed by atoms with Crippen LogP contribution in [0.25, 0.3) is 0 Å². The van der Waals surface area contributed by atoms with Crippen LogP contribution in [-0.2, 0) is 4.79 Å². The maximum Gasteiger partial charge on any atom is 0.227 e. The molecule has 13 heavy (non-hydrogen) atoms. The molecule has 3 unspecified atom stereocenters. The van der Waals surface area contributed by atoms with Crippen molar-refractivity contribution in [2.75, 3.05) is 33.7 Å². The fraction of sp³-hybridized carbons (Fsp3) is 0.889. The molecule has 4 heteroatoms. The van der Waals surface area contributed by atoms with Crippen LogP contribution in [0, 0.1) is 11.8 Å². The number of nitrogens with zero attached hydrogens (tertiary/aromatic N) is 2. The van der Waals surface area contributed by atoms with E-state index >= 15 is 0 Å². The third-order valence-corrected chi connectivity index (χ3v) is 3.07. The summed E-state index contributed by atoms with van der Waals surface area (Å²) in [6.07, 6.45) is 0. The first kappa shape index (κ1) is 8.97. The van der Waals surface area contributed by atoms with Gasteiger partial charge in [0.15, 0.2) is 0 Å². The summed E-state index contributed by atoms with van der Waals surface area (Å²) in [4.78, 5) is 15.6. The van der Waals surface area contributed by atoms with Crippen molar-refractivity contribution in [3.63, 3.8) is 0 Å². The van der Waals surface area contributed by atoms with Crippen molar-refractivity contribution in [3.05, 3.63) is 0 Å². The molecule has 0 aromatic rings. The number of rotatable bonds is 3. The summed E-state index contributed by atoms with van der Waals surface area (Å²) in [7, 11) is 4.04. The third-order valence-electron chi connectivity index (χ3n) is 3.07. The van der Waals surface area contributed by atoms with Crippen LogP contribution >= 0.6 is 0 Å². The first-order chi connectivity index (χ1) is 6.11. The Morgan fingerprint density at radius 1 is 1.62 bits per heavy atom. The van der Waals surface area contributed by atoms with Crippen LogP contribution < -0.4 is 5.73 Å². The Morgan fingerprint density at radius 2 is 2.31 bits per heavy atom. The zero-order valence-electron chi connectivity index (χ0n) is 8.23. The monoisotopic (exact) mass is 183 g/mol. The maximum absolute atomic E-state index is 11.6. The average molecular weight is 183 g/mol. The highest BCUT2D eigenvalue weighted by atomic mass is 16.2. The van der Waals surface area contributed by atoms with Gasteiger partial charge in [-0.1, -0.05) is 0 Å². The molecule has 0 aromatic heterocycles. The van der Waals surface area contributed by atoms with Crippen LogP contribution in [0.3, 0.4) is 0 Å². The minimum atomic E-state index is 0.169. The summed E-state index contributed by atoms with van der Waals surface area (Å²) in [5.41, 5.74) is 5.72. The van der Waals surface area contributed by atoms with E-state index in [4.69, 9.17) is 5.73 Å². The Morgan fingerprint density at radius 3 is 2.77 bits per heavy atom. The third kappa shape index (κ3) is 1.44. The first-order valence-corrected chi connectivity index (χ1v) is 4.80. The van der Waals surface area contributed by atoms with Gasteiger partial charge >= 0.3 is 0 Å². The van der Waals surface area contributed by atoms with Gasteiger partial charge in [0.05, 0.1) is 5.92 Å². The summed E-state index contributed by atoms with van der Waals surface area (Å²) in [6, 6.07) is 0.170. The Labute approximate surface area is 78.7 Å². The molecule has 1 saturated heterocycles. The molecule has 1 saturated carbocycles. The van der Waals surface area contributed by atoms with Gasteiger partial charge < -0.3 is 15.5 Å². The maximum atomic E-state index is 11.6. The number of hydrogen-bond acceptors (Lipinski definition) is 3. The molecule has 1 aliphatic heterocycles. The molecule has 3 atom stereocenters. The van der Waals surface area contributed by atoms with Crippen LogP contribution in [0.15, 0.2) is 0 Å². The van der Waals surface area contributed by atoms with Gasteiger partial charge in [0.1, 0.15) is 0 Å². The number of carbonyl (C=O) groups excluding carboxylic acids is 1. The lowest BCUT2D eigenvalue weighted by Crippen LogP contribution is -2.37. The second kappa shape index (κ2) is 2.96. The summed E-state index contributed by atoms with van der Waals surface area (Å²) in [6.45, 7) is 2.68. The largest absolute Gasteiger partial charge is 0.341 e. The van der Waals surface area contributed by atoms with E-state index in [9.17, 15) is 4.79 Å². The van der Waals surface area contributed by atoms with Crippen molar-refractivity contribution in [2.45, 2.75) is 6.04 Å². The molecule has 2 N–H and O–H groups in total. The Bertz CT molecular complexity index is 229. The Balaban J connectivity index is 1.81. The number of likely N-dealkylation sites (tertiary alicyclic amines) is 1. The van der Waals surface area contributed by atoms with E-state index in [1.165, 1.54) is 0 Å². The molecule has 0 radical (unpaired) electrons. The number of nitrogens with two attached hydrogens (primary N) is 1. The minimum Gasteiger partial charge on any atom is -0.341 e. The lowest BCUT2D eigenvalue weighted by molar-refractivity contribution is -0.130. The molecule has 0 aromatic carbocycles. The molecule has 1 amide bonds. The molecule has 1 aliphatic carbocycles. The lowest BCUT2D eigenvalue weighted by Gasteiger charge is -2.21.